The molecule has 0 aromatic heterocycles. The Labute approximate surface area is 107 Å². The van der Waals surface area contributed by atoms with Gasteiger partial charge < -0.3 is 16.2 Å². The number of hydrogen-bond acceptors (Lipinski definition) is 3. The molecule has 0 aliphatic carbocycles. The third-order valence-electron chi connectivity index (χ3n) is 2.86. The molecule has 0 atom stereocenters. The molecular weight excluding hydrogens is 224 g/mol. The quantitative estimate of drug-likeness (QED) is 0.753. The molecule has 0 aliphatic heterocycles. The molecule has 94 valence electrons. The van der Waals surface area contributed by atoms with Gasteiger partial charge in [0.2, 0.25) is 0 Å². The summed E-state index contributed by atoms with van der Waals surface area (Å²) in [6.07, 6.45) is 0. The summed E-state index contributed by atoms with van der Waals surface area (Å²) in [5.74, 6) is 0.334. The van der Waals surface area contributed by atoms with Gasteiger partial charge in [-0.1, -0.05) is 42.5 Å². The number of aromatic hydroxyl groups is 1. The van der Waals surface area contributed by atoms with E-state index in [1.54, 1.807) is 6.07 Å². The van der Waals surface area contributed by atoms with Crippen molar-refractivity contribution in [1.82, 2.24) is 5.32 Å². The average molecular weight is 242 g/mol. The fourth-order valence-corrected chi connectivity index (χ4v) is 1.87. The Morgan fingerprint density at radius 3 is 2.50 bits per heavy atom. The molecule has 4 N–H and O–H groups in total. The van der Waals surface area contributed by atoms with Crippen LogP contribution in [0.4, 0.5) is 0 Å². The summed E-state index contributed by atoms with van der Waals surface area (Å²) in [7, 11) is 0. The Kier molecular flexibility index (Phi) is 4.34. The monoisotopic (exact) mass is 242 g/mol. The number of para-hydroxylation sites is 1. The van der Waals surface area contributed by atoms with E-state index < -0.39 is 0 Å². The van der Waals surface area contributed by atoms with Crippen LogP contribution in [0.3, 0.4) is 0 Å². The highest BCUT2D eigenvalue weighted by Gasteiger charge is 1.99. The van der Waals surface area contributed by atoms with Crippen LogP contribution in [0.5, 0.6) is 5.75 Å². The van der Waals surface area contributed by atoms with Crippen LogP contribution in [-0.2, 0) is 19.6 Å². The minimum absolute atomic E-state index is 0.334. The zero-order valence-electron chi connectivity index (χ0n) is 10.3. The first-order chi connectivity index (χ1) is 8.79. The molecule has 0 amide bonds. The summed E-state index contributed by atoms with van der Waals surface area (Å²) < 4.78 is 0. The molecule has 2 rings (SSSR count). The minimum atomic E-state index is 0.334. The van der Waals surface area contributed by atoms with Crippen LogP contribution < -0.4 is 11.1 Å². The molecule has 0 saturated heterocycles. The number of benzene rings is 2. The topological polar surface area (TPSA) is 58.3 Å². The van der Waals surface area contributed by atoms with Crippen molar-refractivity contribution in [2.75, 3.05) is 0 Å². The Morgan fingerprint density at radius 2 is 1.72 bits per heavy atom. The number of nitrogens with two attached hydrogens (primary N) is 1. The normalized spacial score (nSPS) is 10.5. The van der Waals surface area contributed by atoms with Crippen LogP contribution in [0.25, 0.3) is 0 Å². The lowest BCUT2D eigenvalue weighted by Crippen LogP contribution is -2.13. The van der Waals surface area contributed by atoms with E-state index >= 15 is 0 Å². The molecule has 0 aliphatic rings. The van der Waals surface area contributed by atoms with Gasteiger partial charge in [0.15, 0.2) is 0 Å². The third kappa shape index (κ3) is 3.32. The van der Waals surface area contributed by atoms with Crippen LogP contribution >= 0.6 is 0 Å². The standard InChI is InChI=1S/C15H18N2O/c16-9-12-4-3-5-13(8-12)10-17-11-14-6-1-2-7-15(14)18/h1-8,17-18H,9-11,16H2. The lowest BCUT2D eigenvalue weighted by Gasteiger charge is -2.07. The SMILES string of the molecule is NCc1cccc(CNCc2ccccc2O)c1. The molecule has 0 saturated carbocycles. The van der Waals surface area contributed by atoms with E-state index in [0.717, 1.165) is 17.7 Å². The van der Waals surface area contributed by atoms with Crippen LogP contribution in [0.15, 0.2) is 48.5 Å². The van der Waals surface area contributed by atoms with E-state index in [0.29, 0.717) is 18.8 Å². The molecule has 0 unspecified atom stereocenters. The number of hydrogen-bond donors (Lipinski definition) is 3. The second-order valence-corrected chi connectivity index (χ2v) is 4.26. The number of rotatable bonds is 5. The second kappa shape index (κ2) is 6.19. The van der Waals surface area contributed by atoms with E-state index in [1.165, 1.54) is 5.56 Å². The Morgan fingerprint density at radius 1 is 0.944 bits per heavy atom. The van der Waals surface area contributed by atoms with Gasteiger partial charge in [-0.2, -0.15) is 0 Å². The summed E-state index contributed by atoms with van der Waals surface area (Å²) in [5, 5.41) is 12.9. The fourth-order valence-electron chi connectivity index (χ4n) is 1.87. The van der Waals surface area contributed by atoms with E-state index in [4.69, 9.17) is 5.73 Å². The maximum absolute atomic E-state index is 9.63. The summed E-state index contributed by atoms with van der Waals surface area (Å²) in [5.41, 5.74) is 8.85. The van der Waals surface area contributed by atoms with Gasteiger partial charge in [-0.15, -0.1) is 0 Å². The van der Waals surface area contributed by atoms with E-state index in [-0.39, 0.29) is 0 Å². The van der Waals surface area contributed by atoms with E-state index in [1.807, 2.05) is 30.3 Å². The summed E-state index contributed by atoms with van der Waals surface area (Å²) >= 11 is 0. The van der Waals surface area contributed by atoms with Crippen molar-refractivity contribution in [2.45, 2.75) is 19.6 Å². The Balaban J connectivity index is 1.90. The first-order valence-corrected chi connectivity index (χ1v) is 6.05. The zero-order chi connectivity index (χ0) is 12.8. The van der Waals surface area contributed by atoms with Crippen molar-refractivity contribution in [3.63, 3.8) is 0 Å². The maximum atomic E-state index is 9.63. The van der Waals surface area contributed by atoms with Crippen molar-refractivity contribution in [2.24, 2.45) is 5.73 Å². The van der Waals surface area contributed by atoms with Gasteiger partial charge in [-0.3, -0.25) is 0 Å². The Hall–Kier alpha value is -1.84. The molecule has 18 heavy (non-hydrogen) atoms. The molecular formula is C15H18N2O. The Bertz CT molecular complexity index is 511. The largest absolute Gasteiger partial charge is 0.508 e. The zero-order valence-corrected chi connectivity index (χ0v) is 10.3. The van der Waals surface area contributed by atoms with Gasteiger partial charge >= 0.3 is 0 Å². The van der Waals surface area contributed by atoms with Crippen molar-refractivity contribution >= 4 is 0 Å². The first kappa shape index (κ1) is 12.6. The highest BCUT2D eigenvalue weighted by Crippen LogP contribution is 2.15. The van der Waals surface area contributed by atoms with Crippen molar-refractivity contribution in [1.29, 1.82) is 0 Å². The fraction of sp³-hybridized carbons (Fsp3) is 0.200. The molecule has 2 aromatic rings. The van der Waals surface area contributed by atoms with Crippen LogP contribution in [0.2, 0.25) is 0 Å². The second-order valence-electron chi connectivity index (χ2n) is 4.26. The molecule has 0 fully saturated rings. The third-order valence-corrected chi connectivity index (χ3v) is 2.86. The highest BCUT2D eigenvalue weighted by molar-refractivity contribution is 5.31. The van der Waals surface area contributed by atoms with Crippen LogP contribution in [0, 0.1) is 0 Å². The van der Waals surface area contributed by atoms with E-state index in [9.17, 15) is 5.11 Å². The van der Waals surface area contributed by atoms with Gasteiger partial charge in [0, 0.05) is 25.2 Å². The summed E-state index contributed by atoms with van der Waals surface area (Å²) in [6, 6.07) is 15.6. The van der Waals surface area contributed by atoms with Gasteiger partial charge in [0.05, 0.1) is 0 Å². The smallest absolute Gasteiger partial charge is 0.120 e. The average Bonchev–Trinajstić information content (AvgIpc) is 2.41. The van der Waals surface area contributed by atoms with Gasteiger partial charge in [-0.25, -0.2) is 0 Å². The van der Waals surface area contributed by atoms with Crippen molar-refractivity contribution in [3.05, 3.63) is 65.2 Å². The van der Waals surface area contributed by atoms with Gasteiger partial charge in [0.1, 0.15) is 5.75 Å². The summed E-state index contributed by atoms with van der Waals surface area (Å²) in [6.45, 7) is 1.98. The van der Waals surface area contributed by atoms with Crippen molar-refractivity contribution in [3.8, 4) is 5.75 Å². The molecule has 2 aromatic carbocycles. The summed E-state index contributed by atoms with van der Waals surface area (Å²) in [4.78, 5) is 0. The molecule has 0 heterocycles. The predicted octanol–water partition coefficient (Wildman–Crippen LogP) is 2.14. The van der Waals surface area contributed by atoms with Crippen LogP contribution in [-0.4, -0.2) is 5.11 Å². The lowest BCUT2D eigenvalue weighted by atomic mass is 10.1. The van der Waals surface area contributed by atoms with E-state index in [2.05, 4.69) is 17.4 Å². The first-order valence-electron chi connectivity index (χ1n) is 6.05. The van der Waals surface area contributed by atoms with Crippen LogP contribution in [0.1, 0.15) is 16.7 Å². The predicted molar refractivity (Wildman–Crippen MR) is 73.0 cm³/mol. The number of nitrogens with one attached hydrogen (secondary N) is 1. The number of phenols is 1. The molecule has 0 bridgehead atoms. The minimum Gasteiger partial charge on any atom is -0.508 e. The molecule has 3 nitrogen and oxygen atoms in total. The van der Waals surface area contributed by atoms with Gasteiger partial charge in [0.25, 0.3) is 0 Å². The molecule has 3 heteroatoms. The van der Waals surface area contributed by atoms with Crippen molar-refractivity contribution < 1.29 is 5.11 Å². The highest BCUT2D eigenvalue weighted by atomic mass is 16.3. The molecule has 0 radical (unpaired) electrons. The maximum Gasteiger partial charge on any atom is 0.120 e. The van der Waals surface area contributed by atoms with Gasteiger partial charge in [-0.05, 0) is 17.2 Å². The molecule has 0 spiro atoms. The lowest BCUT2D eigenvalue weighted by molar-refractivity contribution is 0.464. The number of phenolic OH excluding ortho intramolecular Hbond substituents is 1.